The van der Waals surface area contributed by atoms with Crippen molar-refractivity contribution < 1.29 is 14.6 Å². The number of nitrogens with one attached hydrogen (secondary N) is 2. The number of ether oxygens (including phenoxy) is 1. The molecule has 162 valence electrons. The molecule has 0 spiro atoms. The van der Waals surface area contributed by atoms with Crippen molar-refractivity contribution >= 4 is 27.6 Å². The van der Waals surface area contributed by atoms with Crippen molar-refractivity contribution in [1.82, 2.24) is 10.3 Å². The Morgan fingerprint density at radius 1 is 0.939 bits per heavy atom. The van der Waals surface area contributed by atoms with E-state index in [1.807, 2.05) is 66.9 Å². The van der Waals surface area contributed by atoms with Gasteiger partial charge in [-0.25, -0.2) is 0 Å². The normalized spacial score (nSPS) is 17.1. The number of carbonyl (C=O) groups is 1. The third kappa shape index (κ3) is 3.12. The summed E-state index contributed by atoms with van der Waals surface area (Å²) in [6, 6.07) is 26.6. The van der Waals surface area contributed by atoms with E-state index in [4.69, 9.17) is 4.74 Å². The average molecular weight is 434 g/mol. The smallest absolute Gasteiger partial charge is 0.252 e. The lowest BCUT2D eigenvalue weighted by Gasteiger charge is -2.30. The molecule has 1 atom stereocenters. The van der Waals surface area contributed by atoms with E-state index in [0.29, 0.717) is 17.7 Å². The molecular weight excluding hydrogens is 412 g/mol. The molecule has 1 aliphatic rings. The highest BCUT2D eigenvalue weighted by molar-refractivity contribution is 5.97. The van der Waals surface area contributed by atoms with Gasteiger partial charge in [0.15, 0.2) is 0 Å². The number of rotatable bonds is 4. The zero-order valence-electron chi connectivity index (χ0n) is 17.8. The highest BCUT2D eigenvalue weighted by Crippen LogP contribution is 2.47. The van der Waals surface area contributed by atoms with Gasteiger partial charge < -0.3 is 20.1 Å². The van der Waals surface area contributed by atoms with Crippen LogP contribution in [-0.4, -0.2) is 22.6 Å². The number of fused-ring (bicyclic) bond motifs is 4. The highest BCUT2D eigenvalue weighted by atomic mass is 16.5. The van der Waals surface area contributed by atoms with E-state index < -0.39 is 5.54 Å². The molecule has 2 heterocycles. The predicted molar refractivity (Wildman–Crippen MR) is 129 cm³/mol. The maximum Gasteiger partial charge on any atom is 0.252 e. The van der Waals surface area contributed by atoms with E-state index >= 15 is 0 Å². The van der Waals surface area contributed by atoms with E-state index in [0.717, 1.165) is 32.8 Å². The lowest BCUT2D eigenvalue weighted by Crippen LogP contribution is -2.49. The number of amides is 1. The van der Waals surface area contributed by atoms with E-state index in [9.17, 15) is 9.90 Å². The maximum absolute atomic E-state index is 13.3. The molecule has 5 heteroatoms. The number of phenols is 1. The Labute approximate surface area is 190 Å². The minimum atomic E-state index is -0.839. The van der Waals surface area contributed by atoms with Crippen LogP contribution >= 0.6 is 0 Å². The first-order chi connectivity index (χ1) is 16.1. The van der Waals surface area contributed by atoms with Gasteiger partial charge in [0.25, 0.3) is 5.91 Å². The molecular formula is C28H22N2O3. The van der Waals surface area contributed by atoms with E-state index in [1.54, 1.807) is 18.2 Å². The van der Waals surface area contributed by atoms with Gasteiger partial charge in [-0.2, -0.15) is 0 Å². The lowest BCUT2D eigenvalue weighted by atomic mass is 9.83. The number of para-hydroxylation sites is 1. The Morgan fingerprint density at radius 3 is 2.45 bits per heavy atom. The van der Waals surface area contributed by atoms with Gasteiger partial charge in [-0.15, -0.1) is 0 Å². The van der Waals surface area contributed by atoms with Crippen LogP contribution in [0, 0.1) is 0 Å². The van der Waals surface area contributed by atoms with E-state index in [2.05, 4.69) is 16.4 Å². The molecule has 6 rings (SSSR count). The molecule has 0 saturated heterocycles. The van der Waals surface area contributed by atoms with Gasteiger partial charge in [0, 0.05) is 45.4 Å². The highest BCUT2D eigenvalue weighted by Gasteiger charge is 2.44. The number of hydrogen-bond acceptors (Lipinski definition) is 3. The third-order valence-electron chi connectivity index (χ3n) is 6.51. The quantitative estimate of drug-likeness (QED) is 0.360. The molecule has 0 unspecified atom stereocenters. The van der Waals surface area contributed by atoms with Crippen LogP contribution in [0.3, 0.4) is 0 Å². The zero-order chi connectivity index (χ0) is 22.4. The maximum atomic E-state index is 13.3. The fraction of sp³-hybridized carbons (Fsp3) is 0.107. The van der Waals surface area contributed by atoms with Crippen molar-refractivity contribution in [2.75, 3.05) is 6.61 Å². The molecule has 1 amide bonds. The van der Waals surface area contributed by atoms with Gasteiger partial charge in [-0.05, 0) is 29.8 Å². The van der Waals surface area contributed by atoms with Crippen LogP contribution in [0.15, 0.2) is 91.1 Å². The number of aromatic hydroxyl groups is 1. The number of H-pyrrole nitrogens is 1. The second-order valence-electron chi connectivity index (χ2n) is 8.55. The van der Waals surface area contributed by atoms with Crippen molar-refractivity contribution in [3.05, 3.63) is 108 Å². The number of phenolic OH excluding ortho intramolecular Hbond substituents is 1. The predicted octanol–water partition coefficient (Wildman–Crippen LogP) is 5.29. The molecule has 1 aromatic heterocycles. The molecule has 3 N–H and O–H groups in total. The summed E-state index contributed by atoms with van der Waals surface area (Å²) >= 11 is 0. The third-order valence-corrected chi connectivity index (χ3v) is 6.51. The molecule has 0 radical (unpaired) electrons. The van der Waals surface area contributed by atoms with Gasteiger partial charge in [-0.3, -0.25) is 4.79 Å². The second kappa shape index (κ2) is 7.41. The summed E-state index contributed by atoms with van der Waals surface area (Å²) in [6.07, 6.45) is 2.50. The van der Waals surface area contributed by atoms with Gasteiger partial charge in [-0.1, -0.05) is 60.7 Å². The summed E-state index contributed by atoms with van der Waals surface area (Å²) in [5.41, 5.74) is 2.64. The summed E-state index contributed by atoms with van der Waals surface area (Å²) in [6.45, 7) is 0.272. The average Bonchev–Trinajstić information content (AvgIpc) is 3.42. The van der Waals surface area contributed by atoms with E-state index in [-0.39, 0.29) is 18.3 Å². The van der Waals surface area contributed by atoms with Gasteiger partial charge >= 0.3 is 0 Å². The summed E-state index contributed by atoms with van der Waals surface area (Å²) < 4.78 is 6.24. The minimum absolute atomic E-state index is 0.173. The van der Waals surface area contributed by atoms with Gasteiger partial charge in [0.2, 0.25) is 0 Å². The molecule has 0 saturated carbocycles. The Balaban J connectivity index is 1.52. The Hall–Kier alpha value is -4.25. The molecule has 5 aromatic rings. The standard InChI is InChI=1S/C28H22N2O3/c31-25-14-23-26(22-12-5-4-11-21(22)25)33-17-28(23,30-27(32)18-8-2-1-3-9-18)15-19-16-29-24-13-7-6-10-20(19)24/h1-14,16,29,31H,15,17H2,(H,30,32)/t28-/m0/s1. The van der Waals surface area contributed by atoms with Crippen LogP contribution in [0.1, 0.15) is 21.5 Å². The number of benzene rings is 4. The fourth-order valence-electron chi connectivity index (χ4n) is 4.89. The van der Waals surface area contributed by atoms with Crippen molar-refractivity contribution in [3.8, 4) is 11.5 Å². The molecule has 5 nitrogen and oxygen atoms in total. The Bertz CT molecular complexity index is 1510. The first kappa shape index (κ1) is 19.4. The number of carbonyl (C=O) groups excluding carboxylic acids is 1. The Morgan fingerprint density at radius 2 is 1.64 bits per heavy atom. The Kier molecular flexibility index (Phi) is 4.37. The topological polar surface area (TPSA) is 74.4 Å². The van der Waals surface area contributed by atoms with Crippen LogP contribution in [0.25, 0.3) is 21.7 Å². The molecule has 0 bridgehead atoms. The summed E-state index contributed by atoms with van der Waals surface area (Å²) in [4.78, 5) is 16.6. The molecule has 4 aromatic carbocycles. The SMILES string of the molecule is O=C(N[C@@]1(Cc2c[nH]c3ccccc23)COc2c1cc(O)c1ccccc21)c1ccccc1. The summed E-state index contributed by atoms with van der Waals surface area (Å²) in [5, 5.41) is 16.8. The summed E-state index contributed by atoms with van der Waals surface area (Å²) in [5.74, 6) is 0.697. The first-order valence-electron chi connectivity index (χ1n) is 11.0. The van der Waals surface area contributed by atoms with Crippen LogP contribution in [0.4, 0.5) is 0 Å². The zero-order valence-corrected chi connectivity index (χ0v) is 17.8. The van der Waals surface area contributed by atoms with Crippen molar-refractivity contribution in [3.63, 3.8) is 0 Å². The minimum Gasteiger partial charge on any atom is -0.507 e. The fourth-order valence-corrected chi connectivity index (χ4v) is 4.89. The van der Waals surface area contributed by atoms with Crippen LogP contribution in [0.5, 0.6) is 11.5 Å². The lowest BCUT2D eigenvalue weighted by molar-refractivity contribution is 0.0877. The molecule has 1 aliphatic heterocycles. The summed E-state index contributed by atoms with van der Waals surface area (Å²) in [7, 11) is 0. The van der Waals surface area contributed by atoms with Crippen LogP contribution < -0.4 is 10.1 Å². The molecule has 0 aliphatic carbocycles. The monoisotopic (exact) mass is 434 g/mol. The van der Waals surface area contributed by atoms with Crippen LogP contribution in [-0.2, 0) is 12.0 Å². The van der Waals surface area contributed by atoms with Gasteiger partial charge in [0.1, 0.15) is 23.6 Å². The number of hydrogen-bond donors (Lipinski definition) is 3. The van der Waals surface area contributed by atoms with E-state index in [1.165, 1.54) is 0 Å². The number of aromatic nitrogens is 1. The molecule has 0 fully saturated rings. The van der Waals surface area contributed by atoms with Crippen LogP contribution in [0.2, 0.25) is 0 Å². The van der Waals surface area contributed by atoms with Crippen molar-refractivity contribution in [1.29, 1.82) is 0 Å². The van der Waals surface area contributed by atoms with Gasteiger partial charge in [0.05, 0.1) is 0 Å². The number of aromatic amines is 1. The first-order valence-corrected chi connectivity index (χ1v) is 11.0. The largest absolute Gasteiger partial charge is 0.507 e. The van der Waals surface area contributed by atoms with Crippen molar-refractivity contribution in [2.45, 2.75) is 12.0 Å². The second-order valence-corrected chi connectivity index (χ2v) is 8.55. The van der Waals surface area contributed by atoms with Crippen molar-refractivity contribution in [2.24, 2.45) is 0 Å². The molecule has 33 heavy (non-hydrogen) atoms.